The number of nitrogens with zero attached hydrogens (tertiary/aromatic N) is 3. The molecule has 2 aromatic carbocycles. The number of rotatable bonds is 5. The number of para-hydroxylation sites is 2. The Morgan fingerprint density at radius 3 is 2.56 bits per heavy atom. The molecule has 8 heteroatoms. The lowest BCUT2D eigenvalue weighted by Crippen LogP contribution is -2.23. The van der Waals surface area contributed by atoms with Crippen molar-refractivity contribution in [2.45, 2.75) is 38.3 Å². The van der Waals surface area contributed by atoms with E-state index in [0.717, 1.165) is 47.1 Å². The molecule has 1 aliphatic rings. The molecule has 0 aliphatic heterocycles. The van der Waals surface area contributed by atoms with Crippen LogP contribution in [0.4, 0.5) is 5.69 Å². The number of aryl methyl sites for hydroxylation is 1. The SMILES string of the molecule is CC(=O)/C(=N\Nc1ccccc1)Sc1nc2sc3c(c2c(=O)n1-c1ccccc1)CCC(C)C3. The van der Waals surface area contributed by atoms with Crippen molar-refractivity contribution in [3.63, 3.8) is 0 Å². The largest absolute Gasteiger partial charge is 0.292 e. The molecule has 1 unspecified atom stereocenters. The van der Waals surface area contributed by atoms with E-state index in [9.17, 15) is 9.59 Å². The molecule has 4 aromatic rings. The Labute approximate surface area is 205 Å². The zero-order chi connectivity index (χ0) is 23.7. The van der Waals surface area contributed by atoms with Crippen molar-refractivity contribution in [3.05, 3.63) is 81.5 Å². The fraction of sp³-hybridized carbons (Fsp3) is 0.231. The molecule has 2 heterocycles. The van der Waals surface area contributed by atoms with Gasteiger partial charge in [0.15, 0.2) is 16.0 Å². The zero-order valence-electron chi connectivity index (χ0n) is 18.9. The van der Waals surface area contributed by atoms with Gasteiger partial charge >= 0.3 is 0 Å². The fourth-order valence-electron chi connectivity index (χ4n) is 4.13. The number of benzene rings is 2. The second-order valence-corrected chi connectivity index (χ2v) is 10.5. The van der Waals surface area contributed by atoms with Crippen LogP contribution in [0.25, 0.3) is 15.9 Å². The maximum absolute atomic E-state index is 13.9. The molecule has 34 heavy (non-hydrogen) atoms. The molecular weight excluding hydrogens is 464 g/mol. The molecule has 1 atom stereocenters. The second kappa shape index (κ2) is 9.56. The van der Waals surface area contributed by atoms with Crippen LogP contribution in [0.2, 0.25) is 0 Å². The Morgan fingerprint density at radius 2 is 1.85 bits per heavy atom. The van der Waals surface area contributed by atoms with E-state index in [1.807, 2.05) is 60.7 Å². The summed E-state index contributed by atoms with van der Waals surface area (Å²) in [5.41, 5.74) is 5.47. The first kappa shape index (κ1) is 22.6. The number of thiophene rings is 1. The summed E-state index contributed by atoms with van der Waals surface area (Å²) in [6.07, 6.45) is 2.95. The number of fused-ring (bicyclic) bond motifs is 3. The molecular formula is C26H24N4O2S2. The van der Waals surface area contributed by atoms with Crippen molar-refractivity contribution in [3.8, 4) is 5.69 Å². The predicted octanol–water partition coefficient (Wildman–Crippen LogP) is 5.68. The highest BCUT2D eigenvalue weighted by Gasteiger charge is 2.26. The van der Waals surface area contributed by atoms with Gasteiger partial charge in [0, 0.05) is 11.8 Å². The maximum Gasteiger partial charge on any atom is 0.267 e. The fourth-order valence-corrected chi connectivity index (χ4v) is 6.39. The number of hydrogen-bond acceptors (Lipinski definition) is 7. The first-order valence-corrected chi connectivity index (χ1v) is 12.8. The van der Waals surface area contributed by atoms with E-state index in [1.54, 1.807) is 15.9 Å². The first-order valence-electron chi connectivity index (χ1n) is 11.2. The normalized spacial score (nSPS) is 15.8. The Hall–Kier alpha value is -3.23. The van der Waals surface area contributed by atoms with Crippen LogP contribution in [-0.2, 0) is 17.6 Å². The van der Waals surface area contributed by atoms with Crippen LogP contribution in [0.3, 0.4) is 0 Å². The van der Waals surface area contributed by atoms with Crippen LogP contribution in [0.1, 0.15) is 30.7 Å². The summed E-state index contributed by atoms with van der Waals surface area (Å²) in [4.78, 5) is 33.2. The molecule has 5 rings (SSSR count). The lowest BCUT2D eigenvalue weighted by molar-refractivity contribution is -0.110. The summed E-state index contributed by atoms with van der Waals surface area (Å²) in [6.45, 7) is 3.72. The molecule has 2 aromatic heterocycles. The molecule has 0 amide bonds. The van der Waals surface area contributed by atoms with Crippen molar-refractivity contribution >= 4 is 49.8 Å². The number of nitrogens with one attached hydrogen (secondary N) is 1. The van der Waals surface area contributed by atoms with E-state index >= 15 is 0 Å². The van der Waals surface area contributed by atoms with Crippen LogP contribution in [0, 0.1) is 5.92 Å². The summed E-state index contributed by atoms with van der Waals surface area (Å²) in [6, 6.07) is 18.9. The molecule has 1 N–H and O–H groups in total. The maximum atomic E-state index is 13.9. The smallest absolute Gasteiger partial charge is 0.267 e. The zero-order valence-corrected chi connectivity index (χ0v) is 20.6. The summed E-state index contributed by atoms with van der Waals surface area (Å²) >= 11 is 2.71. The van der Waals surface area contributed by atoms with Crippen molar-refractivity contribution < 1.29 is 4.79 Å². The van der Waals surface area contributed by atoms with Crippen molar-refractivity contribution in [2.75, 3.05) is 5.43 Å². The average Bonchev–Trinajstić information content (AvgIpc) is 3.20. The minimum Gasteiger partial charge on any atom is -0.292 e. The van der Waals surface area contributed by atoms with Gasteiger partial charge in [0.25, 0.3) is 5.56 Å². The Kier molecular flexibility index (Phi) is 6.34. The van der Waals surface area contributed by atoms with Gasteiger partial charge in [-0.05, 0) is 66.8 Å². The third-order valence-corrected chi connectivity index (χ3v) is 8.04. The molecule has 0 saturated heterocycles. The second-order valence-electron chi connectivity index (χ2n) is 8.46. The van der Waals surface area contributed by atoms with Crippen LogP contribution in [0.15, 0.2) is 75.7 Å². The summed E-state index contributed by atoms with van der Waals surface area (Å²) in [5.74, 6) is 0.396. The highest BCUT2D eigenvalue weighted by Crippen LogP contribution is 2.37. The standard InChI is InChI=1S/C26H24N4O2S2/c1-16-13-14-20-21(15-16)33-24-22(20)25(32)30(19-11-7-4-8-12-19)26(27-24)34-23(17(2)31)29-28-18-9-5-3-6-10-18/h3-12,16,28H,13-15H2,1-2H3/b29-23+. The molecule has 172 valence electrons. The van der Waals surface area contributed by atoms with Crippen molar-refractivity contribution in [1.29, 1.82) is 0 Å². The molecule has 0 saturated carbocycles. The number of aromatic nitrogens is 2. The van der Waals surface area contributed by atoms with E-state index in [2.05, 4.69) is 17.5 Å². The third-order valence-electron chi connectivity index (χ3n) is 5.86. The molecule has 1 aliphatic carbocycles. The number of hydrogen-bond donors (Lipinski definition) is 1. The van der Waals surface area contributed by atoms with E-state index < -0.39 is 0 Å². The van der Waals surface area contributed by atoms with Crippen LogP contribution in [-0.4, -0.2) is 20.4 Å². The van der Waals surface area contributed by atoms with Gasteiger partial charge in [-0.2, -0.15) is 5.10 Å². The molecule has 0 bridgehead atoms. The number of hydrazone groups is 1. The number of anilines is 1. The Bertz CT molecular complexity index is 1440. The third kappa shape index (κ3) is 4.43. The number of ketones is 1. The lowest BCUT2D eigenvalue weighted by atomic mass is 9.89. The van der Waals surface area contributed by atoms with Crippen LogP contribution < -0.4 is 11.0 Å². The van der Waals surface area contributed by atoms with Crippen molar-refractivity contribution in [1.82, 2.24) is 9.55 Å². The summed E-state index contributed by atoms with van der Waals surface area (Å²) < 4.78 is 1.61. The van der Waals surface area contributed by atoms with E-state index in [4.69, 9.17) is 4.98 Å². The van der Waals surface area contributed by atoms with Crippen molar-refractivity contribution in [2.24, 2.45) is 11.0 Å². The number of Topliss-reactive ketones (excluding diaryl/α,β-unsaturated/α-hetero) is 1. The monoisotopic (exact) mass is 488 g/mol. The minimum absolute atomic E-state index is 0.0929. The van der Waals surface area contributed by atoms with Crippen LogP contribution >= 0.6 is 23.1 Å². The number of thioether (sulfide) groups is 1. The van der Waals surface area contributed by atoms with Gasteiger partial charge in [-0.25, -0.2) is 4.98 Å². The van der Waals surface area contributed by atoms with E-state index in [-0.39, 0.29) is 16.4 Å². The van der Waals surface area contributed by atoms with Gasteiger partial charge in [-0.3, -0.25) is 19.6 Å². The molecule has 0 radical (unpaired) electrons. The molecule has 0 spiro atoms. The van der Waals surface area contributed by atoms with E-state index in [1.165, 1.54) is 11.8 Å². The summed E-state index contributed by atoms with van der Waals surface area (Å²) in [7, 11) is 0. The first-order chi connectivity index (χ1) is 16.5. The molecule has 6 nitrogen and oxygen atoms in total. The van der Waals surface area contributed by atoms with Gasteiger partial charge in [-0.1, -0.05) is 43.3 Å². The quantitative estimate of drug-likeness (QED) is 0.129. The van der Waals surface area contributed by atoms with Crippen LogP contribution in [0.5, 0.6) is 0 Å². The highest BCUT2D eigenvalue weighted by molar-refractivity contribution is 8.15. The van der Waals surface area contributed by atoms with Gasteiger partial charge in [0.1, 0.15) is 4.83 Å². The van der Waals surface area contributed by atoms with Gasteiger partial charge in [-0.15, -0.1) is 11.3 Å². The van der Waals surface area contributed by atoms with E-state index in [0.29, 0.717) is 22.1 Å². The van der Waals surface area contributed by atoms with Gasteiger partial charge < -0.3 is 0 Å². The predicted molar refractivity (Wildman–Crippen MR) is 140 cm³/mol. The Morgan fingerprint density at radius 1 is 1.15 bits per heavy atom. The van der Waals surface area contributed by atoms with Gasteiger partial charge in [0.05, 0.1) is 16.8 Å². The number of carbonyl (C=O) groups excluding carboxylic acids is 1. The minimum atomic E-state index is -0.207. The number of carbonyl (C=O) groups is 1. The molecule has 0 fully saturated rings. The average molecular weight is 489 g/mol. The Balaban J connectivity index is 1.64. The lowest BCUT2D eigenvalue weighted by Gasteiger charge is -2.17. The highest BCUT2D eigenvalue weighted by atomic mass is 32.2. The summed E-state index contributed by atoms with van der Waals surface area (Å²) in [5, 5.41) is 5.71. The van der Waals surface area contributed by atoms with Gasteiger partial charge in [0.2, 0.25) is 0 Å². The topological polar surface area (TPSA) is 76.3 Å².